The van der Waals surface area contributed by atoms with Gasteiger partial charge in [0.1, 0.15) is 6.54 Å². The van der Waals surface area contributed by atoms with Crippen LogP contribution in [0, 0.1) is 13.8 Å². The third-order valence-electron chi connectivity index (χ3n) is 4.80. The highest BCUT2D eigenvalue weighted by Crippen LogP contribution is 2.20. The Bertz CT molecular complexity index is 994. The lowest BCUT2D eigenvalue weighted by atomic mass is 10.0. The second-order valence-electron chi connectivity index (χ2n) is 8.66. The molecule has 0 aliphatic heterocycles. The zero-order valence-corrected chi connectivity index (χ0v) is 18.5. The molecule has 1 aromatic carbocycles. The number of rotatable bonds is 7. The second-order valence-corrected chi connectivity index (χ2v) is 8.66. The molecule has 6 heteroatoms. The van der Waals surface area contributed by atoms with Crippen molar-refractivity contribution in [3.63, 3.8) is 0 Å². The van der Waals surface area contributed by atoms with Crippen LogP contribution in [-0.4, -0.2) is 20.6 Å². The molecule has 2 aromatic rings. The van der Waals surface area contributed by atoms with E-state index in [9.17, 15) is 14.4 Å². The van der Waals surface area contributed by atoms with Gasteiger partial charge in [-0.15, -0.1) is 0 Å². The molecular weight excluding hydrogens is 366 g/mol. The van der Waals surface area contributed by atoms with Crippen LogP contribution in [0.1, 0.15) is 58.2 Å². The van der Waals surface area contributed by atoms with Gasteiger partial charge in [-0.1, -0.05) is 49.6 Å². The maximum atomic E-state index is 13.3. The number of carbonyl (C=O) groups is 1. The molecule has 2 rings (SSSR count). The van der Waals surface area contributed by atoms with Gasteiger partial charge < -0.3 is 5.32 Å². The third-order valence-corrected chi connectivity index (χ3v) is 4.80. The number of hydrogen-bond donors (Lipinski definition) is 1. The molecule has 0 aliphatic rings. The minimum Gasteiger partial charge on any atom is -0.350 e. The van der Waals surface area contributed by atoms with Crippen molar-refractivity contribution in [1.82, 2.24) is 14.5 Å². The summed E-state index contributed by atoms with van der Waals surface area (Å²) >= 11 is 0. The first-order valence-electron chi connectivity index (χ1n) is 10.3. The SMILES string of the molecule is CCCCCn1c(C)c(-c2cccc(C)c2)c(=O)n(CC(=O)NC(C)(C)C)c1=O. The van der Waals surface area contributed by atoms with Crippen LogP contribution in [0.2, 0.25) is 0 Å². The van der Waals surface area contributed by atoms with Crippen LogP contribution in [0.5, 0.6) is 0 Å². The summed E-state index contributed by atoms with van der Waals surface area (Å²) in [6, 6.07) is 7.67. The Morgan fingerprint density at radius 3 is 2.34 bits per heavy atom. The average molecular weight is 400 g/mol. The normalized spacial score (nSPS) is 11.5. The van der Waals surface area contributed by atoms with Gasteiger partial charge in [0.25, 0.3) is 5.56 Å². The number of carbonyl (C=O) groups excluding carboxylic acids is 1. The van der Waals surface area contributed by atoms with Crippen molar-refractivity contribution in [3.8, 4) is 11.1 Å². The summed E-state index contributed by atoms with van der Waals surface area (Å²) in [7, 11) is 0. The van der Waals surface area contributed by atoms with E-state index in [4.69, 9.17) is 0 Å². The van der Waals surface area contributed by atoms with Gasteiger partial charge in [-0.05, 0) is 46.6 Å². The topological polar surface area (TPSA) is 73.1 Å². The van der Waals surface area contributed by atoms with Gasteiger partial charge in [-0.3, -0.25) is 18.7 Å². The van der Waals surface area contributed by atoms with E-state index in [0.29, 0.717) is 17.8 Å². The van der Waals surface area contributed by atoms with E-state index in [1.807, 2.05) is 58.9 Å². The Hall–Kier alpha value is -2.63. The van der Waals surface area contributed by atoms with Gasteiger partial charge in [0, 0.05) is 17.8 Å². The van der Waals surface area contributed by atoms with Crippen LogP contribution < -0.4 is 16.6 Å². The second kappa shape index (κ2) is 9.25. The molecular formula is C23H33N3O3. The van der Waals surface area contributed by atoms with Crippen LogP contribution in [0.15, 0.2) is 33.9 Å². The molecule has 1 aromatic heterocycles. The van der Waals surface area contributed by atoms with E-state index in [1.54, 1.807) is 4.57 Å². The standard InChI is InChI=1S/C23H33N3O3/c1-7-8-9-13-25-17(3)20(18-12-10-11-16(2)14-18)21(28)26(22(25)29)15-19(27)24-23(4,5)6/h10-12,14H,7-9,13,15H2,1-6H3,(H,24,27). The third kappa shape index (κ3) is 5.68. The molecule has 29 heavy (non-hydrogen) atoms. The molecule has 1 heterocycles. The first-order chi connectivity index (χ1) is 13.5. The molecule has 0 saturated heterocycles. The van der Waals surface area contributed by atoms with Crippen LogP contribution in [0.3, 0.4) is 0 Å². The molecule has 0 spiro atoms. The van der Waals surface area contributed by atoms with Crippen molar-refractivity contribution in [1.29, 1.82) is 0 Å². The van der Waals surface area contributed by atoms with Gasteiger partial charge in [0.15, 0.2) is 0 Å². The molecule has 0 unspecified atom stereocenters. The van der Waals surface area contributed by atoms with E-state index < -0.39 is 16.8 Å². The van der Waals surface area contributed by atoms with Crippen molar-refractivity contribution in [3.05, 3.63) is 56.4 Å². The highest BCUT2D eigenvalue weighted by Gasteiger charge is 2.21. The number of aromatic nitrogens is 2. The monoisotopic (exact) mass is 399 g/mol. The Morgan fingerprint density at radius 2 is 1.76 bits per heavy atom. The quantitative estimate of drug-likeness (QED) is 0.725. The van der Waals surface area contributed by atoms with Crippen LogP contribution >= 0.6 is 0 Å². The van der Waals surface area contributed by atoms with Crippen molar-refractivity contribution in [2.24, 2.45) is 0 Å². The molecule has 1 N–H and O–H groups in total. The van der Waals surface area contributed by atoms with Crippen molar-refractivity contribution >= 4 is 5.91 Å². The van der Waals surface area contributed by atoms with E-state index in [1.165, 1.54) is 0 Å². The largest absolute Gasteiger partial charge is 0.350 e. The number of nitrogens with zero attached hydrogens (tertiary/aromatic N) is 2. The predicted molar refractivity (Wildman–Crippen MR) is 117 cm³/mol. The number of hydrogen-bond acceptors (Lipinski definition) is 3. The first-order valence-corrected chi connectivity index (χ1v) is 10.3. The predicted octanol–water partition coefficient (Wildman–Crippen LogP) is 3.40. The number of aryl methyl sites for hydroxylation is 1. The van der Waals surface area contributed by atoms with Gasteiger partial charge in [0.05, 0.1) is 5.56 Å². The number of nitrogens with one attached hydrogen (secondary N) is 1. The van der Waals surface area contributed by atoms with Gasteiger partial charge >= 0.3 is 5.69 Å². The van der Waals surface area contributed by atoms with E-state index >= 15 is 0 Å². The summed E-state index contributed by atoms with van der Waals surface area (Å²) in [5, 5.41) is 2.83. The van der Waals surface area contributed by atoms with Crippen molar-refractivity contribution < 1.29 is 4.79 Å². The molecule has 0 fully saturated rings. The van der Waals surface area contributed by atoms with E-state index in [0.717, 1.165) is 35.0 Å². The number of unbranched alkanes of at least 4 members (excludes halogenated alkanes) is 2. The summed E-state index contributed by atoms with van der Waals surface area (Å²) in [6.07, 6.45) is 2.87. The molecule has 0 radical (unpaired) electrons. The zero-order chi connectivity index (χ0) is 21.8. The van der Waals surface area contributed by atoms with Gasteiger partial charge in [-0.25, -0.2) is 4.79 Å². The van der Waals surface area contributed by atoms with E-state index in [-0.39, 0.29) is 12.5 Å². The van der Waals surface area contributed by atoms with Crippen LogP contribution in [-0.2, 0) is 17.9 Å². The number of amides is 1. The molecule has 0 aliphatic carbocycles. The fraction of sp³-hybridized carbons (Fsp3) is 0.522. The van der Waals surface area contributed by atoms with Crippen LogP contribution in [0.25, 0.3) is 11.1 Å². The lowest BCUT2D eigenvalue weighted by Gasteiger charge is -2.22. The average Bonchev–Trinajstić information content (AvgIpc) is 2.60. The van der Waals surface area contributed by atoms with Crippen molar-refractivity contribution in [2.75, 3.05) is 0 Å². The summed E-state index contributed by atoms with van der Waals surface area (Å²) in [6.45, 7) is 11.7. The molecule has 0 saturated carbocycles. The summed E-state index contributed by atoms with van der Waals surface area (Å²) in [5.74, 6) is -0.351. The molecule has 0 bridgehead atoms. The molecule has 158 valence electrons. The summed E-state index contributed by atoms with van der Waals surface area (Å²) in [5.41, 5.74) is 1.63. The summed E-state index contributed by atoms with van der Waals surface area (Å²) < 4.78 is 2.71. The van der Waals surface area contributed by atoms with Crippen molar-refractivity contribution in [2.45, 2.75) is 79.4 Å². The minimum absolute atomic E-state index is 0.290. The highest BCUT2D eigenvalue weighted by molar-refractivity contribution is 5.76. The maximum absolute atomic E-state index is 13.3. The van der Waals surface area contributed by atoms with E-state index in [2.05, 4.69) is 12.2 Å². The lowest BCUT2D eigenvalue weighted by molar-refractivity contribution is -0.123. The molecule has 6 nitrogen and oxygen atoms in total. The minimum atomic E-state index is -0.440. The van der Waals surface area contributed by atoms with Gasteiger partial charge in [-0.2, -0.15) is 0 Å². The Balaban J connectivity index is 2.64. The smallest absolute Gasteiger partial charge is 0.331 e. The molecule has 1 amide bonds. The Morgan fingerprint density at radius 1 is 1.07 bits per heavy atom. The Labute approximate surface area is 172 Å². The lowest BCUT2D eigenvalue weighted by Crippen LogP contribution is -2.48. The van der Waals surface area contributed by atoms with Crippen LogP contribution in [0.4, 0.5) is 0 Å². The maximum Gasteiger partial charge on any atom is 0.331 e. The highest BCUT2D eigenvalue weighted by atomic mass is 16.2. The first kappa shape index (κ1) is 22.7. The number of benzene rings is 1. The Kier molecular flexibility index (Phi) is 7.22. The van der Waals surface area contributed by atoms with Gasteiger partial charge in [0.2, 0.25) is 5.91 Å². The fourth-order valence-electron chi connectivity index (χ4n) is 3.46. The molecule has 0 atom stereocenters. The summed E-state index contributed by atoms with van der Waals surface area (Å²) in [4.78, 5) is 38.8. The fourth-order valence-corrected chi connectivity index (χ4v) is 3.46. The zero-order valence-electron chi connectivity index (χ0n) is 18.5.